The Bertz CT molecular complexity index is 1910. The number of aliphatic hydroxyl groups excluding tert-OH is 8. The maximum atomic E-state index is 13.2. The van der Waals surface area contributed by atoms with E-state index >= 15 is 0 Å². The summed E-state index contributed by atoms with van der Waals surface area (Å²) in [4.78, 5) is 13.2. The highest BCUT2D eigenvalue weighted by atomic mass is 16.7. The van der Waals surface area contributed by atoms with Crippen LogP contribution in [-0.2, 0) is 23.7 Å². The molecule has 2 aliphatic heterocycles. The fourth-order valence-electron chi connectivity index (χ4n) is 8.18. The third-order valence-corrected chi connectivity index (χ3v) is 12.8. The minimum atomic E-state index is -1.80. The molecule has 1 amide bonds. The number of rotatable bonds is 42. The number of unbranched alkanes of at least 4 members (excludes halogenated alkanes) is 6. The lowest BCUT2D eigenvalue weighted by atomic mass is 9.97. The van der Waals surface area contributed by atoms with E-state index in [1.807, 2.05) is 19.1 Å². The first-order chi connectivity index (χ1) is 38.1. The van der Waals surface area contributed by atoms with Crippen LogP contribution in [0.5, 0.6) is 0 Å². The van der Waals surface area contributed by atoms with Gasteiger partial charge in [-0.25, -0.2) is 0 Å². The van der Waals surface area contributed by atoms with E-state index in [4.69, 9.17) is 18.9 Å². The fourth-order valence-corrected chi connectivity index (χ4v) is 8.18. The maximum Gasteiger partial charge on any atom is 0.220 e. The zero-order valence-corrected chi connectivity index (χ0v) is 46.8. The molecule has 12 unspecified atom stereocenters. The van der Waals surface area contributed by atoms with Crippen molar-refractivity contribution in [1.82, 2.24) is 5.32 Å². The van der Waals surface area contributed by atoms with E-state index in [2.05, 4.69) is 152 Å². The van der Waals surface area contributed by atoms with Crippen molar-refractivity contribution in [3.05, 3.63) is 158 Å². The molecule has 0 aliphatic carbocycles. The average Bonchev–Trinajstić information content (AvgIpc) is 3.47. The molecule has 0 aromatic heterocycles. The Kier molecular flexibility index (Phi) is 42.4. The van der Waals surface area contributed by atoms with E-state index in [9.17, 15) is 45.6 Å². The lowest BCUT2D eigenvalue weighted by molar-refractivity contribution is -0.359. The van der Waals surface area contributed by atoms with Gasteiger partial charge in [0.15, 0.2) is 12.6 Å². The molecule has 0 saturated carbocycles. The van der Waals surface area contributed by atoms with Gasteiger partial charge < -0.3 is 65.1 Å². The molecule has 9 N–H and O–H groups in total. The molecule has 14 nitrogen and oxygen atoms in total. The van der Waals surface area contributed by atoms with Crippen molar-refractivity contribution in [3.8, 4) is 0 Å². The predicted molar refractivity (Wildman–Crippen MR) is 313 cm³/mol. The van der Waals surface area contributed by atoms with Crippen LogP contribution in [0.2, 0.25) is 0 Å². The summed E-state index contributed by atoms with van der Waals surface area (Å²) in [7, 11) is 0. The number of nitrogens with one attached hydrogen (secondary N) is 1. The third kappa shape index (κ3) is 32.6. The minimum Gasteiger partial charge on any atom is -0.394 e. The Labute approximate surface area is 467 Å². The summed E-state index contributed by atoms with van der Waals surface area (Å²) in [6.07, 6.45) is 56.2. The molecule has 12 atom stereocenters. The molecule has 438 valence electrons. The molecule has 2 heterocycles. The molecule has 2 fully saturated rings. The molecule has 78 heavy (non-hydrogen) atoms. The van der Waals surface area contributed by atoms with Gasteiger partial charge in [-0.05, 0) is 116 Å². The highest BCUT2D eigenvalue weighted by Crippen LogP contribution is 2.30. The number of allylic oxidation sites excluding steroid dienone is 25. The molecular weight excluding hydrogens is 991 g/mol. The van der Waals surface area contributed by atoms with E-state index in [0.717, 1.165) is 109 Å². The molecule has 0 spiro atoms. The van der Waals surface area contributed by atoms with Crippen LogP contribution in [-0.4, -0.2) is 140 Å². The van der Waals surface area contributed by atoms with Gasteiger partial charge in [0.05, 0.1) is 32.0 Å². The molecule has 0 radical (unpaired) electrons. The van der Waals surface area contributed by atoms with Crippen LogP contribution in [0.15, 0.2) is 158 Å². The summed E-state index contributed by atoms with van der Waals surface area (Å²) in [6, 6.07) is -0.962. The maximum absolute atomic E-state index is 13.2. The van der Waals surface area contributed by atoms with Crippen LogP contribution >= 0.6 is 0 Å². The Morgan fingerprint density at radius 3 is 1.40 bits per heavy atom. The number of ether oxygens (including phenoxy) is 4. The number of carbonyl (C=O) groups excluding carboxylic acids is 1. The van der Waals surface area contributed by atoms with Crippen molar-refractivity contribution in [2.75, 3.05) is 19.8 Å². The molecule has 2 rings (SSSR count). The van der Waals surface area contributed by atoms with Crippen molar-refractivity contribution >= 4 is 5.91 Å². The number of amides is 1. The third-order valence-electron chi connectivity index (χ3n) is 12.8. The second-order valence-electron chi connectivity index (χ2n) is 19.3. The van der Waals surface area contributed by atoms with Gasteiger partial charge >= 0.3 is 0 Å². The van der Waals surface area contributed by atoms with Crippen molar-refractivity contribution in [1.29, 1.82) is 0 Å². The van der Waals surface area contributed by atoms with Gasteiger partial charge in [0.1, 0.15) is 48.8 Å². The Balaban J connectivity index is 1.68. The smallest absolute Gasteiger partial charge is 0.220 e. The summed E-state index contributed by atoms with van der Waals surface area (Å²) in [5.74, 6) is -0.290. The van der Waals surface area contributed by atoms with Gasteiger partial charge in [0.2, 0.25) is 5.91 Å². The van der Waals surface area contributed by atoms with E-state index in [-0.39, 0.29) is 18.9 Å². The van der Waals surface area contributed by atoms with Crippen LogP contribution in [0.4, 0.5) is 0 Å². The Morgan fingerprint density at radius 2 is 0.910 bits per heavy atom. The predicted octanol–water partition coefficient (Wildman–Crippen LogP) is 9.55. The van der Waals surface area contributed by atoms with Crippen molar-refractivity contribution in [2.45, 2.75) is 216 Å². The molecule has 2 saturated heterocycles. The second-order valence-corrected chi connectivity index (χ2v) is 19.3. The summed E-state index contributed by atoms with van der Waals surface area (Å²) in [6.45, 7) is 2.35. The van der Waals surface area contributed by atoms with Gasteiger partial charge in [-0.2, -0.15) is 0 Å². The van der Waals surface area contributed by atoms with E-state index in [0.29, 0.717) is 12.8 Å². The second kappa shape index (κ2) is 47.4. The largest absolute Gasteiger partial charge is 0.394 e. The zero-order valence-electron chi connectivity index (χ0n) is 46.8. The van der Waals surface area contributed by atoms with Gasteiger partial charge in [-0.3, -0.25) is 4.79 Å². The van der Waals surface area contributed by atoms with Crippen molar-refractivity contribution in [2.24, 2.45) is 0 Å². The summed E-state index contributed by atoms with van der Waals surface area (Å²) in [5.41, 5.74) is 0. The standard InChI is InChI=1S/C64H99NO13/c1-3-5-7-9-11-13-14-15-16-17-18-19-20-21-22-23-24-25-26-27-28-29-30-31-32-33-34-35-36-37-38-40-42-44-46-48-56(69)65-52(53(68)47-45-43-41-39-12-10-8-6-4-2)51-75-63-61(74)59(72)62(55(50-67)77-63)78-64-60(73)58(71)57(70)54(49-66)76-64/h4-7,11-13,15-16,18-19,21-22,24-25,27-28,30-31,33-34,36-37,39,45,47,52-55,57-64,66-68,70-74H,3,8-10,14,17,20,23,26,29,32,35,38,40-44,46,48-51H2,1-2H3,(H,65,69)/b6-4+,7-5-,13-11-,16-15-,19-18-,22-21-,25-24-,28-27-,31-30-,34-33-,37-36-,39-12+,47-45+. The monoisotopic (exact) mass is 1090 g/mol. The lowest BCUT2D eigenvalue weighted by Gasteiger charge is -2.46. The normalized spacial score (nSPS) is 25.8. The van der Waals surface area contributed by atoms with E-state index < -0.39 is 86.8 Å². The molecule has 0 aromatic rings. The minimum absolute atomic E-state index is 0.228. The van der Waals surface area contributed by atoms with Gasteiger partial charge in [-0.1, -0.05) is 178 Å². The lowest BCUT2D eigenvalue weighted by Crippen LogP contribution is -2.65. The molecule has 0 aromatic carbocycles. The fraction of sp³-hybridized carbons (Fsp3) is 0.578. The van der Waals surface area contributed by atoms with Gasteiger partial charge in [0.25, 0.3) is 0 Å². The Hall–Kier alpha value is -4.39. The topological polar surface area (TPSA) is 228 Å². The average molecular weight is 1090 g/mol. The van der Waals surface area contributed by atoms with Crippen LogP contribution < -0.4 is 5.32 Å². The Morgan fingerprint density at radius 1 is 0.487 bits per heavy atom. The summed E-state index contributed by atoms with van der Waals surface area (Å²) < 4.78 is 22.6. The molecular formula is C64H99NO13. The summed E-state index contributed by atoms with van der Waals surface area (Å²) in [5, 5.41) is 86.6. The van der Waals surface area contributed by atoms with Crippen molar-refractivity contribution < 1.29 is 64.6 Å². The first kappa shape index (κ1) is 69.7. The quantitative estimate of drug-likeness (QED) is 0.0205. The van der Waals surface area contributed by atoms with Gasteiger partial charge in [0, 0.05) is 6.42 Å². The number of hydrogen-bond acceptors (Lipinski definition) is 13. The van der Waals surface area contributed by atoms with Crippen LogP contribution in [0.3, 0.4) is 0 Å². The van der Waals surface area contributed by atoms with Crippen LogP contribution in [0, 0.1) is 0 Å². The van der Waals surface area contributed by atoms with Crippen LogP contribution in [0.25, 0.3) is 0 Å². The molecule has 14 heteroatoms. The highest BCUT2D eigenvalue weighted by molar-refractivity contribution is 5.76. The molecule has 2 aliphatic rings. The van der Waals surface area contributed by atoms with Crippen LogP contribution in [0.1, 0.15) is 142 Å². The number of aliphatic hydroxyl groups is 8. The highest BCUT2D eigenvalue weighted by Gasteiger charge is 2.51. The van der Waals surface area contributed by atoms with Gasteiger partial charge in [-0.15, -0.1) is 0 Å². The van der Waals surface area contributed by atoms with Crippen molar-refractivity contribution in [3.63, 3.8) is 0 Å². The van der Waals surface area contributed by atoms with E-state index in [1.54, 1.807) is 6.08 Å². The number of carbonyl (C=O) groups is 1. The first-order valence-electron chi connectivity index (χ1n) is 28.7. The first-order valence-corrected chi connectivity index (χ1v) is 28.7. The summed E-state index contributed by atoms with van der Waals surface area (Å²) >= 11 is 0. The number of hydrogen-bond donors (Lipinski definition) is 9. The SMILES string of the molecule is C/C=C/CC/C=C/CC/C=C/C(O)C(COC1OC(CO)C(OC2OC(CO)C(O)C(O)C2O)C(O)C1O)NC(=O)CCCCCC/C=C\C/C=C\C/C=C\C/C=C\C/C=C\C/C=C\C/C=C\C/C=C\C/C=C\C/C=C\CC. The molecule has 0 bridgehead atoms. The van der Waals surface area contributed by atoms with E-state index in [1.165, 1.54) is 0 Å². The zero-order chi connectivity index (χ0) is 56.7.